The average Bonchev–Trinajstić information content (AvgIpc) is 3.27. The molecule has 1 fully saturated rings. The number of nitrogens with two attached hydrogens (primary N) is 1. The summed E-state index contributed by atoms with van der Waals surface area (Å²) >= 11 is 0. The van der Waals surface area contributed by atoms with Crippen molar-refractivity contribution in [3.8, 4) is 0 Å². The first-order chi connectivity index (χ1) is 9.94. The predicted molar refractivity (Wildman–Crippen MR) is 79.3 cm³/mol. The molecule has 0 bridgehead atoms. The standard InChI is InChI=1S/C14H20N2O4S/c1-20-14(17)12-7-6-11(15)9-13(12)21(18,19)16-8-2-3-10-4-5-10/h6-7,9-10,16H,2-5,8,15H2,1H3. The molecule has 2 rings (SSSR count). The van der Waals surface area contributed by atoms with Crippen molar-refractivity contribution in [1.29, 1.82) is 0 Å². The minimum Gasteiger partial charge on any atom is -0.465 e. The smallest absolute Gasteiger partial charge is 0.339 e. The molecule has 0 unspecified atom stereocenters. The highest BCUT2D eigenvalue weighted by Crippen LogP contribution is 2.33. The topological polar surface area (TPSA) is 98.5 Å². The molecule has 1 aromatic rings. The minimum absolute atomic E-state index is 0.0126. The number of anilines is 1. The first kappa shape index (κ1) is 15.8. The highest BCUT2D eigenvalue weighted by molar-refractivity contribution is 7.89. The second kappa shape index (κ2) is 6.44. The van der Waals surface area contributed by atoms with Gasteiger partial charge in [-0.3, -0.25) is 0 Å². The Balaban J connectivity index is 2.12. The Hall–Kier alpha value is -1.60. The third kappa shape index (κ3) is 4.18. The van der Waals surface area contributed by atoms with Crippen LogP contribution in [0.5, 0.6) is 0 Å². The third-order valence-corrected chi connectivity index (χ3v) is 4.98. The van der Waals surface area contributed by atoms with Gasteiger partial charge in [0.2, 0.25) is 10.0 Å². The summed E-state index contributed by atoms with van der Waals surface area (Å²) in [7, 11) is -2.57. The molecule has 0 aromatic heterocycles. The van der Waals surface area contributed by atoms with E-state index < -0.39 is 16.0 Å². The molecule has 21 heavy (non-hydrogen) atoms. The van der Waals surface area contributed by atoms with E-state index in [9.17, 15) is 13.2 Å². The maximum Gasteiger partial charge on any atom is 0.339 e. The van der Waals surface area contributed by atoms with Gasteiger partial charge in [0.15, 0.2) is 0 Å². The van der Waals surface area contributed by atoms with E-state index in [0.29, 0.717) is 6.54 Å². The summed E-state index contributed by atoms with van der Waals surface area (Å²) in [6.45, 7) is 0.355. The highest BCUT2D eigenvalue weighted by atomic mass is 32.2. The summed E-state index contributed by atoms with van der Waals surface area (Å²) in [6.07, 6.45) is 4.31. The summed E-state index contributed by atoms with van der Waals surface area (Å²) in [5, 5.41) is 0. The molecule has 3 N–H and O–H groups in total. The number of esters is 1. The van der Waals surface area contributed by atoms with Crippen LogP contribution >= 0.6 is 0 Å². The van der Waals surface area contributed by atoms with E-state index in [1.165, 1.54) is 38.2 Å². The van der Waals surface area contributed by atoms with E-state index >= 15 is 0 Å². The monoisotopic (exact) mass is 312 g/mol. The Morgan fingerprint density at radius 1 is 1.43 bits per heavy atom. The summed E-state index contributed by atoms with van der Waals surface area (Å²) in [5.74, 6) is 0.0564. The molecule has 116 valence electrons. The van der Waals surface area contributed by atoms with E-state index in [1.807, 2.05) is 0 Å². The maximum atomic E-state index is 12.3. The normalized spacial score (nSPS) is 14.9. The van der Waals surface area contributed by atoms with Gasteiger partial charge < -0.3 is 10.5 Å². The van der Waals surface area contributed by atoms with Crippen LogP contribution < -0.4 is 10.5 Å². The molecule has 0 radical (unpaired) electrons. The van der Waals surface area contributed by atoms with Crippen LogP contribution in [0.25, 0.3) is 0 Å². The molecular weight excluding hydrogens is 292 g/mol. The van der Waals surface area contributed by atoms with Crippen molar-refractivity contribution >= 4 is 21.7 Å². The van der Waals surface area contributed by atoms with Gasteiger partial charge in [-0.1, -0.05) is 12.8 Å². The summed E-state index contributed by atoms with van der Waals surface area (Å²) < 4.78 is 31.7. The molecule has 7 heteroatoms. The first-order valence-corrected chi connectivity index (χ1v) is 8.40. The van der Waals surface area contributed by atoms with Gasteiger partial charge in [0, 0.05) is 12.2 Å². The van der Waals surface area contributed by atoms with Gasteiger partial charge in [-0.2, -0.15) is 0 Å². The maximum absolute atomic E-state index is 12.3. The molecular formula is C14H20N2O4S. The summed E-state index contributed by atoms with van der Waals surface area (Å²) in [5.41, 5.74) is 5.89. The predicted octanol–water partition coefficient (Wildman–Crippen LogP) is 1.52. The lowest BCUT2D eigenvalue weighted by Gasteiger charge is -2.11. The molecule has 1 aromatic carbocycles. The SMILES string of the molecule is COC(=O)c1ccc(N)cc1S(=O)(=O)NCCCC1CC1. The van der Waals surface area contributed by atoms with Gasteiger partial charge in [0.05, 0.1) is 17.6 Å². The van der Waals surface area contributed by atoms with Crippen molar-refractivity contribution in [2.75, 3.05) is 19.4 Å². The van der Waals surface area contributed by atoms with Gasteiger partial charge in [-0.25, -0.2) is 17.9 Å². The van der Waals surface area contributed by atoms with Crippen LogP contribution in [-0.2, 0) is 14.8 Å². The number of hydrogen-bond donors (Lipinski definition) is 2. The largest absolute Gasteiger partial charge is 0.465 e. The van der Waals surface area contributed by atoms with Crippen LogP contribution in [0.4, 0.5) is 5.69 Å². The number of hydrogen-bond acceptors (Lipinski definition) is 5. The van der Waals surface area contributed by atoms with Crippen LogP contribution in [0.2, 0.25) is 0 Å². The van der Waals surface area contributed by atoms with Crippen molar-refractivity contribution in [2.45, 2.75) is 30.6 Å². The van der Waals surface area contributed by atoms with Crippen molar-refractivity contribution in [3.05, 3.63) is 23.8 Å². The average molecular weight is 312 g/mol. The van der Waals surface area contributed by atoms with Crippen LogP contribution in [0.1, 0.15) is 36.0 Å². The molecule has 1 aliphatic carbocycles. The summed E-state index contributed by atoms with van der Waals surface area (Å²) in [6, 6.07) is 4.10. The fraction of sp³-hybridized carbons (Fsp3) is 0.500. The number of carbonyl (C=O) groups excluding carboxylic acids is 1. The van der Waals surface area contributed by atoms with Crippen LogP contribution in [-0.4, -0.2) is 28.0 Å². The Morgan fingerprint density at radius 2 is 2.14 bits per heavy atom. The fourth-order valence-corrected chi connectivity index (χ4v) is 3.42. The quantitative estimate of drug-likeness (QED) is 0.452. The van der Waals surface area contributed by atoms with Gasteiger partial charge >= 0.3 is 5.97 Å². The van der Waals surface area contributed by atoms with Crippen molar-refractivity contribution in [2.24, 2.45) is 5.92 Å². The van der Waals surface area contributed by atoms with Gasteiger partial charge in [-0.05, 0) is 37.0 Å². The number of benzene rings is 1. The number of methoxy groups -OCH3 is 1. The molecule has 1 aliphatic rings. The molecule has 0 spiro atoms. The van der Waals surface area contributed by atoms with E-state index in [4.69, 9.17) is 5.73 Å². The van der Waals surface area contributed by atoms with Gasteiger partial charge in [0.25, 0.3) is 0 Å². The van der Waals surface area contributed by atoms with Gasteiger partial charge in [-0.15, -0.1) is 0 Å². The van der Waals surface area contributed by atoms with Crippen molar-refractivity contribution in [3.63, 3.8) is 0 Å². The Morgan fingerprint density at radius 3 is 2.76 bits per heavy atom. The Bertz CT molecular complexity index is 624. The Labute approximate surface area is 124 Å². The van der Waals surface area contributed by atoms with Gasteiger partial charge in [0.1, 0.15) is 0 Å². The first-order valence-electron chi connectivity index (χ1n) is 6.91. The zero-order chi connectivity index (χ0) is 15.5. The number of nitrogens with one attached hydrogen (secondary N) is 1. The molecule has 0 heterocycles. The van der Waals surface area contributed by atoms with E-state index in [-0.39, 0.29) is 16.1 Å². The zero-order valence-corrected chi connectivity index (χ0v) is 12.8. The zero-order valence-electron chi connectivity index (χ0n) is 12.0. The molecule has 0 saturated heterocycles. The van der Waals surface area contributed by atoms with E-state index in [0.717, 1.165) is 18.8 Å². The lowest BCUT2D eigenvalue weighted by molar-refractivity contribution is 0.0596. The van der Waals surface area contributed by atoms with Crippen LogP contribution in [0.3, 0.4) is 0 Å². The number of nitrogen functional groups attached to an aromatic ring is 1. The van der Waals surface area contributed by atoms with Crippen LogP contribution in [0.15, 0.2) is 23.1 Å². The third-order valence-electron chi connectivity index (χ3n) is 3.48. The molecule has 6 nitrogen and oxygen atoms in total. The van der Waals surface area contributed by atoms with E-state index in [1.54, 1.807) is 0 Å². The van der Waals surface area contributed by atoms with Crippen molar-refractivity contribution in [1.82, 2.24) is 4.72 Å². The molecule has 1 saturated carbocycles. The van der Waals surface area contributed by atoms with Crippen LogP contribution in [0, 0.1) is 5.92 Å². The Kier molecular flexibility index (Phi) is 4.84. The molecule has 0 aliphatic heterocycles. The second-order valence-corrected chi connectivity index (χ2v) is 6.97. The van der Waals surface area contributed by atoms with Crippen molar-refractivity contribution < 1.29 is 17.9 Å². The number of sulfonamides is 1. The number of carbonyl (C=O) groups is 1. The molecule has 0 atom stereocenters. The number of rotatable bonds is 7. The number of ether oxygens (including phenoxy) is 1. The molecule has 0 amide bonds. The minimum atomic E-state index is -3.78. The van der Waals surface area contributed by atoms with E-state index in [2.05, 4.69) is 9.46 Å². The fourth-order valence-electron chi connectivity index (χ4n) is 2.12. The highest BCUT2D eigenvalue weighted by Gasteiger charge is 2.24. The lowest BCUT2D eigenvalue weighted by atomic mass is 10.2. The second-order valence-electron chi connectivity index (χ2n) is 5.23. The summed E-state index contributed by atoms with van der Waals surface area (Å²) in [4.78, 5) is 11.5. The lowest BCUT2D eigenvalue weighted by Crippen LogP contribution is -2.27.